The molecule has 2 aromatic carbocycles. The van der Waals surface area contributed by atoms with Crippen LogP contribution in [-0.2, 0) is 9.53 Å². The van der Waals surface area contributed by atoms with Gasteiger partial charge in [-0.05, 0) is 66.1 Å². The second-order valence-corrected chi connectivity index (χ2v) is 9.32. The molecule has 0 bridgehead atoms. The zero-order valence-corrected chi connectivity index (χ0v) is 18.4. The van der Waals surface area contributed by atoms with E-state index in [1.165, 1.54) is 0 Å². The van der Waals surface area contributed by atoms with Crippen LogP contribution < -0.4 is 5.32 Å². The molecule has 0 aromatic heterocycles. The highest BCUT2D eigenvalue weighted by Gasteiger charge is 2.51. The van der Waals surface area contributed by atoms with Crippen molar-refractivity contribution in [2.75, 3.05) is 6.61 Å². The molecule has 4 rings (SSSR count). The lowest BCUT2D eigenvalue weighted by atomic mass is 9.91. The van der Waals surface area contributed by atoms with Crippen LogP contribution in [0.4, 0.5) is 0 Å². The number of aliphatic hydroxyl groups excluding tert-OH is 1. The molecule has 1 saturated carbocycles. The van der Waals surface area contributed by atoms with E-state index in [0.717, 1.165) is 28.7 Å². The normalized spacial score (nSPS) is 23.6. The first-order valence-electron chi connectivity index (χ1n) is 10.5. The van der Waals surface area contributed by atoms with Crippen LogP contribution in [0.2, 0.25) is 5.02 Å². The molecule has 30 heavy (non-hydrogen) atoms. The zero-order chi connectivity index (χ0) is 21.5. The zero-order valence-electron chi connectivity index (χ0n) is 17.7. The second-order valence-electron chi connectivity index (χ2n) is 8.89. The van der Waals surface area contributed by atoms with Crippen molar-refractivity contribution in [3.8, 4) is 11.1 Å². The van der Waals surface area contributed by atoms with Crippen LogP contribution in [0.5, 0.6) is 0 Å². The third-order valence-corrected chi connectivity index (χ3v) is 6.34. The standard InChI is InChI=1S/C25H28ClNO3/c1-15(2)14-30-20-10-11-25(13-20)23(28)22(24(29)27-25)21-12-18(5-4-16(21)3)17-6-8-19(26)9-7-17/h4-9,12,15,20,28H,10-11,13-14H2,1-3H3,(H,27,29)/t20-,25-/m0/s1. The van der Waals surface area contributed by atoms with Crippen LogP contribution in [-0.4, -0.2) is 29.3 Å². The lowest BCUT2D eigenvalue weighted by molar-refractivity contribution is -0.116. The number of benzene rings is 2. The number of aliphatic hydroxyl groups is 1. The van der Waals surface area contributed by atoms with Crippen molar-refractivity contribution >= 4 is 23.1 Å². The molecular weight excluding hydrogens is 398 g/mol. The molecule has 5 heteroatoms. The Morgan fingerprint density at radius 2 is 1.90 bits per heavy atom. The molecule has 1 heterocycles. The number of aryl methyl sites for hydroxylation is 1. The third-order valence-electron chi connectivity index (χ3n) is 6.09. The molecule has 0 unspecified atom stereocenters. The maximum atomic E-state index is 13.0. The van der Waals surface area contributed by atoms with Crippen LogP contribution in [0.15, 0.2) is 48.2 Å². The van der Waals surface area contributed by atoms with Gasteiger partial charge in [0.15, 0.2) is 0 Å². The smallest absolute Gasteiger partial charge is 0.256 e. The highest BCUT2D eigenvalue weighted by molar-refractivity contribution is 6.30. The van der Waals surface area contributed by atoms with Gasteiger partial charge in [0.1, 0.15) is 11.3 Å². The van der Waals surface area contributed by atoms with Crippen molar-refractivity contribution in [2.24, 2.45) is 5.92 Å². The first-order valence-corrected chi connectivity index (χ1v) is 10.9. The second kappa shape index (κ2) is 8.09. The summed E-state index contributed by atoms with van der Waals surface area (Å²) in [6.45, 7) is 6.89. The SMILES string of the molecule is Cc1ccc(-c2ccc(Cl)cc2)cc1C1=C(O)[C@@]2(CC[C@H](OCC(C)C)C2)NC1=O. The molecule has 2 atom stereocenters. The average molecular weight is 426 g/mol. The molecule has 1 aliphatic heterocycles. The Labute approximate surface area is 182 Å². The Morgan fingerprint density at radius 3 is 2.60 bits per heavy atom. The lowest BCUT2D eigenvalue weighted by Gasteiger charge is -2.24. The molecular formula is C25H28ClNO3. The van der Waals surface area contributed by atoms with E-state index in [0.29, 0.717) is 36.0 Å². The fourth-order valence-electron chi connectivity index (χ4n) is 4.45. The molecule has 1 spiro atoms. The molecule has 2 aliphatic rings. The molecule has 158 valence electrons. The van der Waals surface area contributed by atoms with Gasteiger partial charge in [-0.2, -0.15) is 0 Å². The summed E-state index contributed by atoms with van der Waals surface area (Å²) >= 11 is 6.01. The summed E-state index contributed by atoms with van der Waals surface area (Å²) in [7, 11) is 0. The van der Waals surface area contributed by atoms with E-state index in [1.807, 2.05) is 49.4 Å². The summed E-state index contributed by atoms with van der Waals surface area (Å²) in [5.74, 6) is 0.394. The predicted octanol–water partition coefficient (Wildman–Crippen LogP) is 5.68. The molecule has 2 N–H and O–H groups in total. The van der Waals surface area contributed by atoms with Crippen LogP contribution in [0.3, 0.4) is 0 Å². The van der Waals surface area contributed by atoms with Crippen molar-refractivity contribution < 1.29 is 14.6 Å². The van der Waals surface area contributed by atoms with Gasteiger partial charge in [-0.25, -0.2) is 0 Å². The fraction of sp³-hybridized carbons (Fsp3) is 0.400. The van der Waals surface area contributed by atoms with Crippen molar-refractivity contribution in [3.05, 3.63) is 64.4 Å². The predicted molar refractivity (Wildman–Crippen MR) is 120 cm³/mol. The minimum atomic E-state index is -0.712. The molecule has 4 nitrogen and oxygen atoms in total. The number of ether oxygens (including phenoxy) is 1. The molecule has 0 saturated heterocycles. The highest BCUT2D eigenvalue weighted by atomic mass is 35.5. The van der Waals surface area contributed by atoms with E-state index in [2.05, 4.69) is 19.2 Å². The van der Waals surface area contributed by atoms with Gasteiger partial charge in [0.2, 0.25) is 0 Å². The van der Waals surface area contributed by atoms with Gasteiger partial charge in [0.05, 0.1) is 11.7 Å². The van der Waals surface area contributed by atoms with Crippen LogP contribution in [0, 0.1) is 12.8 Å². The van der Waals surface area contributed by atoms with Crippen LogP contribution in [0.25, 0.3) is 16.7 Å². The minimum Gasteiger partial charge on any atom is -0.509 e. The number of halogens is 1. The summed E-state index contributed by atoms with van der Waals surface area (Å²) in [5.41, 5.74) is 3.38. The summed E-state index contributed by atoms with van der Waals surface area (Å²) in [6.07, 6.45) is 2.17. The first-order chi connectivity index (χ1) is 14.3. The Balaban J connectivity index is 1.67. The number of nitrogens with one attached hydrogen (secondary N) is 1. The van der Waals surface area contributed by atoms with Gasteiger partial charge in [-0.3, -0.25) is 4.79 Å². The largest absolute Gasteiger partial charge is 0.509 e. The third kappa shape index (κ3) is 3.86. The van der Waals surface area contributed by atoms with Crippen LogP contribution in [0.1, 0.15) is 44.2 Å². The Hall–Kier alpha value is -2.30. The number of hydrogen-bond donors (Lipinski definition) is 2. The van der Waals surface area contributed by atoms with E-state index < -0.39 is 5.54 Å². The van der Waals surface area contributed by atoms with Crippen molar-refractivity contribution in [1.29, 1.82) is 0 Å². The Kier molecular flexibility index (Phi) is 5.65. The van der Waals surface area contributed by atoms with Gasteiger partial charge in [0.25, 0.3) is 5.91 Å². The lowest BCUT2D eigenvalue weighted by Crippen LogP contribution is -2.42. The van der Waals surface area contributed by atoms with Crippen molar-refractivity contribution in [1.82, 2.24) is 5.32 Å². The molecule has 1 amide bonds. The first kappa shape index (κ1) is 21.0. The Bertz CT molecular complexity index is 996. The number of hydrogen-bond acceptors (Lipinski definition) is 3. The average Bonchev–Trinajstić information content (AvgIpc) is 3.22. The minimum absolute atomic E-state index is 0.0516. The maximum absolute atomic E-state index is 13.0. The van der Waals surface area contributed by atoms with Gasteiger partial charge in [0, 0.05) is 18.1 Å². The van der Waals surface area contributed by atoms with Gasteiger partial charge in [-0.15, -0.1) is 0 Å². The molecule has 1 aliphatic carbocycles. The van der Waals surface area contributed by atoms with Gasteiger partial charge >= 0.3 is 0 Å². The van der Waals surface area contributed by atoms with E-state index in [9.17, 15) is 9.90 Å². The number of amides is 1. The summed E-state index contributed by atoms with van der Waals surface area (Å²) < 4.78 is 5.99. The summed E-state index contributed by atoms with van der Waals surface area (Å²) in [5, 5.41) is 15.0. The van der Waals surface area contributed by atoms with Gasteiger partial charge in [-0.1, -0.05) is 49.7 Å². The number of carbonyl (C=O) groups excluding carboxylic acids is 1. The van der Waals surface area contributed by atoms with Crippen LogP contribution >= 0.6 is 11.6 Å². The number of carbonyl (C=O) groups is 1. The number of rotatable bonds is 5. The van der Waals surface area contributed by atoms with E-state index in [4.69, 9.17) is 16.3 Å². The monoisotopic (exact) mass is 425 g/mol. The molecule has 2 aromatic rings. The van der Waals surface area contributed by atoms with E-state index in [-0.39, 0.29) is 17.8 Å². The quantitative estimate of drug-likeness (QED) is 0.648. The molecule has 1 fully saturated rings. The maximum Gasteiger partial charge on any atom is 0.256 e. The molecule has 0 radical (unpaired) electrons. The fourth-order valence-corrected chi connectivity index (χ4v) is 4.57. The van der Waals surface area contributed by atoms with E-state index >= 15 is 0 Å². The summed E-state index contributed by atoms with van der Waals surface area (Å²) in [6, 6.07) is 13.6. The summed E-state index contributed by atoms with van der Waals surface area (Å²) in [4.78, 5) is 13.0. The van der Waals surface area contributed by atoms with E-state index in [1.54, 1.807) is 0 Å². The van der Waals surface area contributed by atoms with Crippen molar-refractivity contribution in [2.45, 2.75) is 51.7 Å². The van der Waals surface area contributed by atoms with Crippen molar-refractivity contribution in [3.63, 3.8) is 0 Å². The highest BCUT2D eigenvalue weighted by Crippen LogP contribution is 2.44. The topological polar surface area (TPSA) is 58.6 Å². The van der Waals surface area contributed by atoms with Gasteiger partial charge < -0.3 is 15.2 Å². The Morgan fingerprint density at radius 1 is 1.20 bits per heavy atom.